The van der Waals surface area contributed by atoms with Crippen molar-refractivity contribution in [2.45, 2.75) is 12.6 Å². The first-order valence-electron chi connectivity index (χ1n) is 10.2. The van der Waals surface area contributed by atoms with E-state index in [1.165, 1.54) is 0 Å². The lowest BCUT2D eigenvalue weighted by Gasteiger charge is -2.14. The summed E-state index contributed by atoms with van der Waals surface area (Å²) in [5.41, 5.74) is 5.61. The van der Waals surface area contributed by atoms with E-state index >= 15 is 0 Å². The van der Waals surface area contributed by atoms with E-state index in [1.54, 1.807) is 30.5 Å². The molecular formula is C25H23N3O4. The van der Waals surface area contributed by atoms with E-state index in [2.05, 4.69) is 15.4 Å². The quantitative estimate of drug-likeness (QED) is 0.347. The van der Waals surface area contributed by atoms with Gasteiger partial charge in [-0.05, 0) is 29.8 Å². The number of hydrogen-bond donors (Lipinski definition) is 3. The zero-order valence-electron chi connectivity index (χ0n) is 17.3. The molecule has 7 nitrogen and oxygen atoms in total. The summed E-state index contributed by atoms with van der Waals surface area (Å²) in [6, 6.07) is 25.4. The number of rotatable bonds is 9. The van der Waals surface area contributed by atoms with Crippen molar-refractivity contribution in [1.29, 1.82) is 0 Å². The fourth-order valence-corrected chi connectivity index (χ4v) is 3.14. The molecule has 0 bridgehead atoms. The van der Waals surface area contributed by atoms with Gasteiger partial charge in [0.15, 0.2) is 0 Å². The maximum atomic E-state index is 12.1. The lowest BCUT2D eigenvalue weighted by molar-refractivity contribution is 0.00718. The van der Waals surface area contributed by atoms with Crippen LogP contribution in [0.3, 0.4) is 0 Å². The van der Waals surface area contributed by atoms with Crippen LogP contribution in [-0.2, 0) is 11.4 Å². The Labute approximate surface area is 185 Å². The smallest absolute Gasteiger partial charge is 0.356 e. The molecular weight excluding hydrogens is 406 g/mol. The van der Waals surface area contributed by atoms with Crippen LogP contribution in [0.1, 0.15) is 27.8 Å². The van der Waals surface area contributed by atoms with Crippen molar-refractivity contribution in [2.24, 2.45) is 0 Å². The van der Waals surface area contributed by atoms with Gasteiger partial charge < -0.3 is 19.7 Å². The molecule has 162 valence electrons. The second-order valence-corrected chi connectivity index (χ2v) is 7.06. The van der Waals surface area contributed by atoms with Crippen molar-refractivity contribution in [3.63, 3.8) is 0 Å². The first kappa shape index (κ1) is 21.3. The van der Waals surface area contributed by atoms with Crippen LogP contribution in [0.4, 0.5) is 0 Å². The molecule has 32 heavy (non-hydrogen) atoms. The molecule has 1 aromatic heterocycles. The van der Waals surface area contributed by atoms with Crippen molar-refractivity contribution in [2.75, 3.05) is 6.61 Å². The summed E-state index contributed by atoms with van der Waals surface area (Å²) in [5.74, 6) is 0.590. The minimum atomic E-state index is -0.714. The Bertz CT molecular complexity index is 1150. The second-order valence-electron chi connectivity index (χ2n) is 7.06. The van der Waals surface area contributed by atoms with Crippen LogP contribution in [0, 0.1) is 0 Å². The van der Waals surface area contributed by atoms with Gasteiger partial charge in [0, 0.05) is 5.56 Å². The monoisotopic (exact) mass is 429 g/mol. The number of benzene rings is 3. The Morgan fingerprint density at radius 1 is 0.969 bits per heavy atom. The van der Waals surface area contributed by atoms with Crippen molar-refractivity contribution in [3.05, 3.63) is 108 Å². The maximum Gasteiger partial charge on any atom is 0.356 e. The van der Waals surface area contributed by atoms with Crippen LogP contribution in [0.25, 0.3) is 11.3 Å². The number of aromatic nitrogens is 2. The molecule has 0 unspecified atom stereocenters. The Morgan fingerprint density at radius 3 is 2.41 bits per heavy atom. The van der Waals surface area contributed by atoms with E-state index in [0.717, 1.165) is 16.8 Å². The molecule has 0 aliphatic carbocycles. The standard InChI is InChI=1S/C25H23N3O4/c29-16-22(28-32-25(30)19-11-5-2-6-12-19)24-26-15-21(27-24)20-13-7-8-14-23(20)31-17-18-9-3-1-4-10-18/h1-15,22,28-29H,16-17H2,(H,26,27)/t22-/m0/s1. The topological polar surface area (TPSA) is 96.5 Å². The summed E-state index contributed by atoms with van der Waals surface area (Å²) >= 11 is 0. The van der Waals surface area contributed by atoms with E-state index < -0.39 is 12.0 Å². The zero-order chi connectivity index (χ0) is 22.2. The van der Waals surface area contributed by atoms with E-state index in [0.29, 0.717) is 23.7 Å². The highest BCUT2D eigenvalue weighted by Crippen LogP contribution is 2.30. The van der Waals surface area contributed by atoms with Crippen molar-refractivity contribution >= 4 is 5.97 Å². The summed E-state index contributed by atoms with van der Waals surface area (Å²) in [4.78, 5) is 24.8. The van der Waals surface area contributed by atoms with Crippen LogP contribution in [0.5, 0.6) is 5.75 Å². The fraction of sp³-hybridized carbons (Fsp3) is 0.120. The molecule has 0 aliphatic rings. The number of hydroxylamine groups is 1. The summed E-state index contributed by atoms with van der Waals surface area (Å²) < 4.78 is 6.02. The Kier molecular flexibility index (Phi) is 6.91. The summed E-state index contributed by atoms with van der Waals surface area (Å²) in [6.07, 6.45) is 1.66. The van der Waals surface area contributed by atoms with E-state index in [1.807, 2.05) is 60.7 Å². The molecule has 4 rings (SSSR count). The minimum absolute atomic E-state index is 0.318. The number of carbonyl (C=O) groups excluding carboxylic acids is 1. The van der Waals surface area contributed by atoms with Gasteiger partial charge >= 0.3 is 5.97 Å². The number of imidazole rings is 1. The molecule has 0 fully saturated rings. The van der Waals surface area contributed by atoms with Crippen LogP contribution in [0.2, 0.25) is 0 Å². The van der Waals surface area contributed by atoms with Gasteiger partial charge in [-0.2, -0.15) is 0 Å². The Hall–Kier alpha value is -3.94. The first-order chi connectivity index (χ1) is 15.7. The molecule has 4 aromatic rings. The molecule has 0 aliphatic heterocycles. The molecule has 0 saturated heterocycles. The third-order valence-corrected chi connectivity index (χ3v) is 4.83. The molecule has 0 amide bonds. The second kappa shape index (κ2) is 10.4. The Balaban J connectivity index is 1.45. The van der Waals surface area contributed by atoms with E-state index in [4.69, 9.17) is 9.57 Å². The summed E-state index contributed by atoms with van der Waals surface area (Å²) in [5, 5.41) is 9.77. The van der Waals surface area contributed by atoms with Gasteiger partial charge in [-0.25, -0.2) is 9.78 Å². The van der Waals surface area contributed by atoms with Gasteiger partial charge in [0.1, 0.15) is 24.2 Å². The molecule has 0 radical (unpaired) electrons. The van der Waals surface area contributed by atoms with Gasteiger partial charge in [-0.15, -0.1) is 5.48 Å². The van der Waals surface area contributed by atoms with Gasteiger partial charge in [0.05, 0.1) is 24.1 Å². The minimum Gasteiger partial charge on any atom is -0.488 e. The number of carbonyl (C=O) groups is 1. The SMILES string of the molecule is O=C(ON[C@@H](CO)c1ncc(-c2ccccc2OCc2ccccc2)[nH]1)c1ccccc1. The van der Waals surface area contributed by atoms with Crippen LogP contribution >= 0.6 is 0 Å². The molecule has 1 atom stereocenters. The van der Waals surface area contributed by atoms with Crippen molar-refractivity contribution in [1.82, 2.24) is 15.4 Å². The van der Waals surface area contributed by atoms with Crippen LogP contribution < -0.4 is 10.2 Å². The van der Waals surface area contributed by atoms with Crippen LogP contribution in [-0.4, -0.2) is 27.7 Å². The Morgan fingerprint density at radius 2 is 1.66 bits per heavy atom. The summed E-state index contributed by atoms with van der Waals surface area (Å²) in [7, 11) is 0. The maximum absolute atomic E-state index is 12.1. The van der Waals surface area contributed by atoms with Crippen LogP contribution in [0.15, 0.2) is 91.1 Å². The van der Waals surface area contributed by atoms with Gasteiger partial charge in [-0.1, -0.05) is 60.7 Å². The summed E-state index contributed by atoms with van der Waals surface area (Å²) in [6.45, 7) is 0.121. The average Bonchev–Trinajstić information content (AvgIpc) is 3.34. The average molecular weight is 429 g/mol. The molecule has 7 heteroatoms. The van der Waals surface area contributed by atoms with Gasteiger partial charge in [0.2, 0.25) is 0 Å². The third kappa shape index (κ3) is 5.21. The lowest BCUT2D eigenvalue weighted by atomic mass is 10.1. The van der Waals surface area contributed by atoms with Gasteiger partial charge in [0.25, 0.3) is 0 Å². The van der Waals surface area contributed by atoms with E-state index in [-0.39, 0.29) is 6.61 Å². The number of nitrogens with zero attached hydrogens (tertiary/aromatic N) is 1. The molecule has 0 saturated carbocycles. The van der Waals surface area contributed by atoms with Crippen molar-refractivity contribution in [3.8, 4) is 17.0 Å². The fourth-order valence-electron chi connectivity index (χ4n) is 3.14. The first-order valence-corrected chi connectivity index (χ1v) is 10.2. The molecule has 3 N–H and O–H groups in total. The molecule has 0 spiro atoms. The lowest BCUT2D eigenvalue weighted by Crippen LogP contribution is -2.28. The third-order valence-electron chi connectivity index (χ3n) is 4.83. The number of nitrogens with one attached hydrogen (secondary N) is 2. The van der Waals surface area contributed by atoms with E-state index in [9.17, 15) is 9.90 Å². The predicted octanol–water partition coefficient (Wildman–Crippen LogP) is 4.05. The van der Waals surface area contributed by atoms with Gasteiger partial charge in [-0.3, -0.25) is 0 Å². The zero-order valence-corrected chi connectivity index (χ0v) is 17.3. The number of H-pyrrole nitrogens is 1. The number of hydrogen-bond acceptors (Lipinski definition) is 6. The number of aromatic amines is 1. The highest BCUT2D eigenvalue weighted by Gasteiger charge is 2.18. The number of ether oxygens (including phenoxy) is 1. The highest BCUT2D eigenvalue weighted by atomic mass is 16.7. The predicted molar refractivity (Wildman–Crippen MR) is 120 cm³/mol. The molecule has 3 aromatic carbocycles. The number of aliphatic hydroxyl groups is 1. The number of para-hydroxylation sites is 1. The molecule has 1 heterocycles. The highest BCUT2D eigenvalue weighted by molar-refractivity contribution is 5.89. The normalized spacial score (nSPS) is 11.7. The number of aliphatic hydroxyl groups excluding tert-OH is 1. The largest absolute Gasteiger partial charge is 0.488 e. The van der Waals surface area contributed by atoms with Crippen molar-refractivity contribution < 1.29 is 19.5 Å².